The van der Waals surface area contributed by atoms with Gasteiger partial charge in [0, 0.05) is 18.7 Å². The molecule has 0 aromatic heterocycles. The van der Waals surface area contributed by atoms with E-state index in [1.54, 1.807) is 0 Å². The Morgan fingerprint density at radius 2 is 1.61 bits per heavy atom. The molecule has 3 unspecified atom stereocenters. The Balaban J connectivity index is 1.73. The minimum absolute atomic E-state index is 0.0611. The van der Waals surface area contributed by atoms with E-state index in [2.05, 4.69) is 11.0 Å². The summed E-state index contributed by atoms with van der Waals surface area (Å²) in [5.74, 6) is 0.864. The van der Waals surface area contributed by atoms with Crippen molar-refractivity contribution in [2.45, 2.75) is 18.2 Å². The molecular weight excluding hydrogens is 290 g/mol. The van der Waals surface area contributed by atoms with Crippen LogP contribution in [0.25, 0.3) is 0 Å². The molecule has 2 aliphatic rings. The van der Waals surface area contributed by atoms with E-state index in [1.165, 1.54) is 0 Å². The molecule has 2 aliphatic heterocycles. The summed E-state index contributed by atoms with van der Waals surface area (Å²) in [6, 6.07) is 17.9. The van der Waals surface area contributed by atoms with Crippen molar-refractivity contribution in [3.05, 3.63) is 65.7 Å². The Morgan fingerprint density at radius 1 is 0.913 bits per heavy atom. The van der Waals surface area contributed by atoms with Crippen LogP contribution >= 0.6 is 0 Å². The fourth-order valence-electron chi connectivity index (χ4n) is 3.56. The van der Waals surface area contributed by atoms with Crippen LogP contribution in [0.2, 0.25) is 0 Å². The lowest BCUT2D eigenvalue weighted by Crippen LogP contribution is -2.48. The quantitative estimate of drug-likeness (QED) is 0.925. The number of hydrogen-bond acceptors (Lipinski definition) is 4. The van der Waals surface area contributed by atoms with E-state index in [-0.39, 0.29) is 12.1 Å². The summed E-state index contributed by atoms with van der Waals surface area (Å²) >= 11 is 0. The van der Waals surface area contributed by atoms with Crippen molar-refractivity contribution in [3.63, 3.8) is 0 Å². The zero-order valence-corrected chi connectivity index (χ0v) is 13.0. The van der Waals surface area contributed by atoms with E-state index in [0.29, 0.717) is 13.2 Å². The van der Waals surface area contributed by atoms with Crippen molar-refractivity contribution < 1.29 is 14.6 Å². The molecule has 2 aromatic carbocycles. The fraction of sp³-hybridized carbons (Fsp3) is 0.368. The number of nitrogens with zero attached hydrogens (tertiary/aromatic N) is 1. The Hall–Kier alpha value is -1.88. The summed E-state index contributed by atoms with van der Waals surface area (Å²) in [4.78, 5) is 2.31. The number of benzene rings is 2. The van der Waals surface area contributed by atoms with Gasteiger partial charge in [0.05, 0.1) is 19.3 Å². The van der Waals surface area contributed by atoms with Gasteiger partial charge in [-0.25, -0.2) is 0 Å². The molecule has 0 spiro atoms. The van der Waals surface area contributed by atoms with E-state index in [4.69, 9.17) is 9.47 Å². The van der Waals surface area contributed by atoms with Gasteiger partial charge < -0.3 is 14.6 Å². The number of ether oxygens (including phenoxy) is 2. The van der Waals surface area contributed by atoms with Crippen molar-refractivity contribution in [1.29, 1.82) is 0 Å². The minimum Gasteiger partial charge on any atom is -0.483 e. The number of aliphatic hydroxyl groups excluding tert-OH is 1. The van der Waals surface area contributed by atoms with Crippen LogP contribution in [0, 0.1) is 0 Å². The van der Waals surface area contributed by atoms with Gasteiger partial charge in [-0.05, 0) is 11.6 Å². The van der Waals surface area contributed by atoms with Gasteiger partial charge in [-0.15, -0.1) is 0 Å². The van der Waals surface area contributed by atoms with Gasteiger partial charge in [-0.3, -0.25) is 4.90 Å². The van der Waals surface area contributed by atoms with Crippen LogP contribution in [0.1, 0.15) is 23.3 Å². The van der Waals surface area contributed by atoms with Crippen molar-refractivity contribution in [3.8, 4) is 5.75 Å². The molecule has 4 heteroatoms. The number of fused-ring (bicyclic) bond motifs is 1. The van der Waals surface area contributed by atoms with Crippen LogP contribution < -0.4 is 4.74 Å². The summed E-state index contributed by atoms with van der Waals surface area (Å²) in [7, 11) is 0. The monoisotopic (exact) mass is 311 g/mol. The summed E-state index contributed by atoms with van der Waals surface area (Å²) in [6.07, 6.45) is -0.954. The zero-order valence-electron chi connectivity index (χ0n) is 13.0. The van der Waals surface area contributed by atoms with Gasteiger partial charge in [0.2, 0.25) is 0 Å². The highest BCUT2D eigenvalue weighted by Gasteiger charge is 2.41. The van der Waals surface area contributed by atoms with E-state index >= 15 is 0 Å². The smallest absolute Gasteiger partial charge is 0.151 e. The number of hydrogen-bond donors (Lipinski definition) is 1. The van der Waals surface area contributed by atoms with Crippen molar-refractivity contribution in [2.75, 3.05) is 26.3 Å². The lowest BCUT2D eigenvalue weighted by Gasteiger charge is -2.43. The SMILES string of the molecule is OC1C(c2ccccc2)Oc2ccccc2C1N1CCOCC1. The van der Waals surface area contributed by atoms with E-state index < -0.39 is 6.10 Å². The lowest BCUT2D eigenvalue weighted by molar-refractivity contribution is -0.0740. The molecule has 0 radical (unpaired) electrons. The fourth-order valence-corrected chi connectivity index (χ4v) is 3.56. The molecule has 2 aromatic rings. The summed E-state index contributed by atoms with van der Waals surface area (Å²) in [6.45, 7) is 3.08. The van der Waals surface area contributed by atoms with Gasteiger partial charge in [-0.1, -0.05) is 48.5 Å². The van der Waals surface area contributed by atoms with Crippen LogP contribution in [0.4, 0.5) is 0 Å². The van der Waals surface area contributed by atoms with Gasteiger partial charge in [-0.2, -0.15) is 0 Å². The first-order valence-electron chi connectivity index (χ1n) is 8.15. The number of para-hydroxylation sites is 1. The first-order valence-corrected chi connectivity index (χ1v) is 8.15. The molecule has 4 rings (SSSR count). The molecule has 0 saturated carbocycles. The second-order valence-electron chi connectivity index (χ2n) is 6.07. The molecule has 0 aliphatic carbocycles. The molecule has 23 heavy (non-hydrogen) atoms. The zero-order chi connectivity index (χ0) is 15.6. The van der Waals surface area contributed by atoms with Crippen molar-refractivity contribution >= 4 is 0 Å². The third-order valence-corrected chi connectivity index (χ3v) is 4.69. The summed E-state index contributed by atoms with van der Waals surface area (Å²) < 4.78 is 11.6. The van der Waals surface area contributed by atoms with Crippen LogP contribution in [0.3, 0.4) is 0 Å². The molecule has 1 N–H and O–H groups in total. The number of morpholine rings is 1. The lowest BCUT2D eigenvalue weighted by atomic mass is 9.89. The average molecular weight is 311 g/mol. The number of aliphatic hydroxyl groups is 1. The van der Waals surface area contributed by atoms with E-state index in [9.17, 15) is 5.11 Å². The van der Waals surface area contributed by atoms with Gasteiger partial charge in [0.15, 0.2) is 6.10 Å². The van der Waals surface area contributed by atoms with Gasteiger partial charge >= 0.3 is 0 Å². The summed E-state index contributed by atoms with van der Waals surface area (Å²) in [5.41, 5.74) is 2.07. The van der Waals surface area contributed by atoms with Gasteiger partial charge in [0.1, 0.15) is 11.9 Å². The normalized spacial score (nSPS) is 28.0. The Bertz CT molecular complexity index is 655. The molecule has 3 atom stereocenters. The minimum atomic E-state index is -0.606. The summed E-state index contributed by atoms with van der Waals surface area (Å²) in [5, 5.41) is 11.1. The second-order valence-corrected chi connectivity index (χ2v) is 6.07. The molecule has 1 fully saturated rings. The molecule has 0 amide bonds. The molecule has 4 nitrogen and oxygen atoms in total. The number of rotatable bonds is 2. The molecule has 0 bridgehead atoms. The van der Waals surface area contributed by atoms with E-state index in [1.807, 2.05) is 48.5 Å². The van der Waals surface area contributed by atoms with Crippen LogP contribution in [0.5, 0.6) is 5.75 Å². The maximum absolute atomic E-state index is 11.1. The van der Waals surface area contributed by atoms with Gasteiger partial charge in [0.25, 0.3) is 0 Å². The topological polar surface area (TPSA) is 41.9 Å². The predicted molar refractivity (Wildman–Crippen MR) is 87.4 cm³/mol. The highest BCUT2D eigenvalue weighted by Crippen LogP contribution is 2.43. The average Bonchev–Trinajstić information content (AvgIpc) is 2.63. The highest BCUT2D eigenvalue weighted by atomic mass is 16.5. The third-order valence-electron chi connectivity index (χ3n) is 4.69. The molecule has 2 heterocycles. The highest BCUT2D eigenvalue weighted by molar-refractivity contribution is 5.40. The second kappa shape index (κ2) is 6.32. The maximum Gasteiger partial charge on any atom is 0.151 e. The Kier molecular flexibility index (Phi) is 4.04. The largest absolute Gasteiger partial charge is 0.483 e. The third kappa shape index (κ3) is 2.74. The van der Waals surface area contributed by atoms with E-state index in [0.717, 1.165) is 30.0 Å². The molecule has 120 valence electrons. The first-order chi connectivity index (χ1) is 11.3. The maximum atomic E-state index is 11.1. The molecule has 1 saturated heterocycles. The van der Waals surface area contributed by atoms with Crippen LogP contribution in [0.15, 0.2) is 54.6 Å². The first kappa shape index (κ1) is 14.7. The van der Waals surface area contributed by atoms with Crippen LogP contribution in [-0.4, -0.2) is 42.4 Å². The Morgan fingerprint density at radius 3 is 2.39 bits per heavy atom. The predicted octanol–water partition coefficient (Wildman–Crippen LogP) is 2.55. The van der Waals surface area contributed by atoms with Crippen molar-refractivity contribution in [2.24, 2.45) is 0 Å². The van der Waals surface area contributed by atoms with Crippen LogP contribution in [-0.2, 0) is 4.74 Å². The van der Waals surface area contributed by atoms with Crippen molar-refractivity contribution in [1.82, 2.24) is 4.90 Å². The molecular formula is C19H21NO3. The standard InChI is InChI=1S/C19H21NO3/c21-18-17(20-10-12-22-13-11-20)15-8-4-5-9-16(15)23-19(18)14-6-2-1-3-7-14/h1-9,17-19,21H,10-13H2. The Labute approximate surface area is 136 Å².